The Labute approximate surface area is 192 Å². The van der Waals surface area contributed by atoms with Gasteiger partial charge >= 0.3 is 5.69 Å². The van der Waals surface area contributed by atoms with Crippen LogP contribution in [0, 0.1) is 13.8 Å². The first kappa shape index (κ1) is 21.5. The first-order valence-electron chi connectivity index (χ1n) is 11.7. The molecule has 0 amide bonds. The average molecular weight is 444 g/mol. The largest absolute Gasteiger partial charge is 0.349 e. The van der Waals surface area contributed by atoms with Gasteiger partial charge < -0.3 is 4.57 Å². The van der Waals surface area contributed by atoms with Gasteiger partial charge in [0.1, 0.15) is 0 Å². The van der Waals surface area contributed by atoms with E-state index in [0.717, 1.165) is 41.7 Å². The molecule has 7 heteroatoms. The molecule has 1 unspecified atom stereocenters. The standard InChI is InChI=1S/C26H29N5O2/c1-17-14-21-22(15-18(17)2)31(24-23(27-21)25(32)29-26(33)28-24)13-12-30-11-7-6-10-20(30)16-19-8-4-3-5-9-19/h3-5,8-9,14-15,20H,6-7,10-13,16H2,1-2H3,(H,29,32,33). The molecule has 2 aromatic carbocycles. The van der Waals surface area contributed by atoms with Gasteiger partial charge in [-0.15, -0.1) is 0 Å². The van der Waals surface area contributed by atoms with Crippen LogP contribution in [-0.4, -0.2) is 43.6 Å². The molecule has 1 N–H and O–H groups in total. The smallest absolute Gasteiger partial charge is 0.321 e. The SMILES string of the molecule is Cc1cc2nc3c(=O)[nH]c(=O)nc-3n(CCN3CCCCC3Cc3ccccc3)c2cc1C. The summed E-state index contributed by atoms with van der Waals surface area (Å²) >= 11 is 0. The molecule has 0 aromatic heterocycles. The number of H-pyrrole nitrogens is 1. The van der Waals surface area contributed by atoms with Gasteiger partial charge in [-0.1, -0.05) is 36.8 Å². The number of aromatic nitrogens is 4. The van der Waals surface area contributed by atoms with Crippen molar-refractivity contribution in [2.75, 3.05) is 13.1 Å². The first-order valence-corrected chi connectivity index (χ1v) is 11.7. The van der Waals surface area contributed by atoms with Gasteiger partial charge in [0.05, 0.1) is 11.0 Å². The minimum atomic E-state index is -0.633. The zero-order chi connectivity index (χ0) is 22.9. The van der Waals surface area contributed by atoms with Crippen LogP contribution < -0.4 is 11.2 Å². The normalized spacial score (nSPS) is 17.1. The van der Waals surface area contributed by atoms with Crippen molar-refractivity contribution >= 4 is 11.0 Å². The predicted octanol–water partition coefficient (Wildman–Crippen LogP) is 3.30. The zero-order valence-corrected chi connectivity index (χ0v) is 19.2. The third kappa shape index (κ3) is 4.33. The summed E-state index contributed by atoms with van der Waals surface area (Å²) in [6.45, 7) is 6.62. The fourth-order valence-electron chi connectivity index (χ4n) is 4.98. The second kappa shape index (κ2) is 8.90. The van der Waals surface area contributed by atoms with Crippen molar-refractivity contribution in [2.45, 2.75) is 52.1 Å². The molecule has 0 saturated carbocycles. The number of fused-ring (bicyclic) bond motifs is 2. The number of rotatable bonds is 5. The van der Waals surface area contributed by atoms with Crippen LogP contribution in [0.4, 0.5) is 0 Å². The van der Waals surface area contributed by atoms with E-state index in [-0.39, 0.29) is 5.69 Å². The van der Waals surface area contributed by atoms with Gasteiger partial charge in [-0.2, -0.15) is 4.98 Å². The van der Waals surface area contributed by atoms with Crippen molar-refractivity contribution in [1.82, 2.24) is 24.4 Å². The maximum absolute atomic E-state index is 12.5. The first-order chi connectivity index (χ1) is 16.0. The van der Waals surface area contributed by atoms with E-state index in [1.807, 2.05) is 17.6 Å². The Balaban J connectivity index is 1.52. The highest BCUT2D eigenvalue weighted by molar-refractivity contribution is 5.81. The number of aromatic amines is 1. The number of likely N-dealkylation sites (tertiary alicyclic amines) is 1. The monoisotopic (exact) mass is 443 g/mol. The maximum atomic E-state index is 12.5. The van der Waals surface area contributed by atoms with Crippen LogP contribution in [0.2, 0.25) is 0 Å². The van der Waals surface area contributed by atoms with E-state index >= 15 is 0 Å². The lowest BCUT2D eigenvalue weighted by atomic mass is 9.95. The third-order valence-corrected chi connectivity index (χ3v) is 6.90. The zero-order valence-electron chi connectivity index (χ0n) is 19.2. The van der Waals surface area contributed by atoms with Crippen LogP contribution >= 0.6 is 0 Å². The lowest BCUT2D eigenvalue weighted by Gasteiger charge is -2.36. The molecule has 1 atom stereocenters. The van der Waals surface area contributed by atoms with Crippen molar-refractivity contribution in [3.05, 3.63) is 80.0 Å². The molecule has 7 nitrogen and oxygen atoms in total. The molecule has 170 valence electrons. The minimum absolute atomic E-state index is 0.213. The fourth-order valence-corrected chi connectivity index (χ4v) is 4.98. The number of hydrogen-bond acceptors (Lipinski definition) is 5. The van der Waals surface area contributed by atoms with Crippen LogP contribution in [0.5, 0.6) is 0 Å². The van der Waals surface area contributed by atoms with E-state index < -0.39 is 11.2 Å². The minimum Gasteiger partial charge on any atom is -0.321 e. The number of nitrogens with zero attached hydrogens (tertiary/aromatic N) is 4. The Morgan fingerprint density at radius 2 is 1.79 bits per heavy atom. The van der Waals surface area contributed by atoms with Gasteiger partial charge in [0.15, 0.2) is 11.5 Å². The van der Waals surface area contributed by atoms with E-state index in [9.17, 15) is 9.59 Å². The predicted molar refractivity (Wildman–Crippen MR) is 130 cm³/mol. The van der Waals surface area contributed by atoms with Crippen molar-refractivity contribution in [2.24, 2.45) is 0 Å². The molecule has 2 aromatic rings. The van der Waals surface area contributed by atoms with E-state index in [1.54, 1.807) is 0 Å². The molecule has 0 bridgehead atoms. The lowest BCUT2D eigenvalue weighted by molar-refractivity contribution is 0.142. The Morgan fingerprint density at radius 1 is 1.00 bits per heavy atom. The van der Waals surface area contributed by atoms with Gasteiger partial charge in [0, 0.05) is 19.1 Å². The molecular formula is C26H29N5O2. The summed E-state index contributed by atoms with van der Waals surface area (Å²) in [5.74, 6) is 0.358. The number of hydrogen-bond donors (Lipinski definition) is 1. The Morgan fingerprint density at radius 3 is 2.61 bits per heavy atom. The molecule has 0 spiro atoms. The van der Waals surface area contributed by atoms with Crippen molar-refractivity contribution in [3.63, 3.8) is 0 Å². The number of benzene rings is 2. The average Bonchev–Trinajstić information content (AvgIpc) is 2.80. The van der Waals surface area contributed by atoms with Gasteiger partial charge in [-0.25, -0.2) is 9.78 Å². The van der Waals surface area contributed by atoms with Crippen LogP contribution in [0.25, 0.3) is 22.6 Å². The number of aryl methyl sites for hydroxylation is 2. The van der Waals surface area contributed by atoms with Gasteiger partial charge in [-0.3, -0.25) is 14.7 Å². The van der Waals surface area contributed by atoms with Crippen LogP contribution in [0.3, 0.4) is 0 Å². The van der Waals surface area contributed by atoms with Gasteiger partial charge in [0.25, 0.3) is 5.56 Å². The summed E-state index contributed by atoms with van der Waals surface area (Å²) < 4.78 is 2.01. The van der Waals surface area contributed by atoms with E-state index in [4.69, 9.17) is 0 Å². The third-order valence-electron chi connectivity index (χ3n) is 6.90. The summed E-state index contributed by atoms with van der Waals surface area (Å²) in [7, 11) is 0. The van der Waals surface area contributed by atoms with Crippen LogP contribution in [0.15, 0.2) is 52.1 Å². The maximum Gasteiger partial charge on any atom is 0.349 e. The molecule has 5 rings (SSSR count). The molecule has 1 fully saturated rings. The Bertz CT molecular complexity index is 1380. The highest BCUT2D eigenvalue weighted by Gasteiger charge is 2.24. The summed E-state index contributed by atoms with van der Waals surface area (Å²) in [5, 5.41) is 0. The molecule has 0 radical (unpaired) electrons. The molecule has 3 aliphatic rings. The summed E-state index contributed by atoms with van der Waals surface area (Å²) in [6, 6.07) is 15.2. The Hall–Kier alpha value is -3.32. The highest BCUT2D eigenvalue weighted by Crippen LogP contribution is 2.25. The lowest BCUT2D eigenvalue weighted by Crippen LogP contribution is -2.42. The molecule has 3 heterocycles. The molecule has 3 aliphatic heterocycles. The topological polar surface area (TPSA) is 83.9 Å². The molecule has 33 heavy (non-hydrogen) atoms. The van der Waals surface area contributed by atoms with E-state index in [0.29, 0.717) is 18.4 Å². The second-order valence-electron chi connectivity index (χ2n) is 9.11. The van der Waals surface area contributed by atoms with Crippen molar-refractivity contribution in [3.8, 4) is 11.5 Å². The van der Waals surface area contributed by atoms with Crippen LogP contribution in [0.1, 0.15) is 36.0 Å². The van der Waals surface area contributed by atoms with Gasteiger partial charge in [0.2, 0.25) is 0 Å². The second-order valence-corrected chi connectivity index (χ2v) is 9.11. The molecular weight excluding hydrogens is 414 g/mol. The molecule has 1 saturated heterocycles. The summed E-state index contributed by atoms with van der Waals surface area (Å²) in [4.78, 5) is 38.1. The Kier molecular flexibility index (Phi) is 5.81. The molecule has 0 aliphatic carbocycles. The number of nitrogens with one attached hydrogen (secondary N) is 1. The quantitative estimate of drug-likeness (QED) is 0.479. The van der Waals surface area contributed by atoms with E-state index in [2.05, 4.69) is 63.2 Å². The highest BCUT2D eigenvalue weighted by atomic mass is 16.2. The van der Waals surface area contributed by atoms with E-state index in [1.165, 1.54) is 24.8 Å². The van der Waals surface area contributed by atoms with Crippen molar-refractivity contribution < 1.29 is 0 Å². The van der Waals surface area contributed by atoms with Gasteiger partial charge in [-0.05, 0) is 68.5 Å². The fraction of sp³-hybridized carbons (Fsp3) is 0.385. The van der Waals surface area contributed by atoms with Crippen molar-refractivity contribution in [1.29, 1.82) is 0 Å². The van der Waals surface area contributed by atoms with Crippen LogP contribution in [-0.2, 0) is 13.0 Å². The summed E-state index contributed by atoms with van der Waals surface area (Å²) in [6.07, 6.45) is 4.65. The summed E-state index contributed by atoms with van der Waals surface area (Å²) in [5.41, 5.74) is 4.36. The number of piperidine rings is 1.